The average Bonchev–Trinajstić information content (AvgIpc) is 3.07. The number of carbonyl (C=O) groups excluding carboxylic acids is 1. The molecule has 0 spiro atoms. The summed E-state index contributed by atoms with van der Waals surface area (Å²) in [6.45, 7) is 4.06. The topological polar surface area (TPSA) is 276 Å². The maximum Gasteiger partial charge on any atom is 0.309 e. The number of fused-ring (bicyclic) bond motifs is 1. The minimum Gasteiger partial charge on any atom is -0.507 e. The molecule has 17 nitrogen and oxygen atoms in total. The third-order valence-electron chi connectivity index (χ3n) is 8.53. The van der Waals surface area contributed by atoms with E-state index in [1.807, 2.05) is 0 Å². The first-order valence-corrected chi connectivity index (χ1v) is 15.4. The fourth-order valence-electron chi connectivity index (χ4n) is 5.35. The van der Waals surface area contributed by atoms with Crippen molar-refractivity contribution in [3.05, 3.63) is 40.6 Å². The van der Waals surface area contributed by atoms with E-state index in [0.717, 1.165) is 24.3 Å². The molecule has 268 valence electrons. The minimum absolute atomic E-state index is 0.0560. The highest BCUT2D eigenvalue weighted by Gasteiger charge is 2.47. The van der Waals surface area contributed by atoms with Crippen molar-refractivity contribution >= 4 is 16.9 Å². The first-order valence-electron chi connectivity index (χ1n) is 15.4. The van der Waals surface area contributed by atoms with E-state index in [4.69, 9.17) is 28.1 Å². The summed E-state index contributed by atoms with van der Waals surface area (Å²) in [4.78, 5) is 26.3. The van der Waals surface area contributed by atoms with Gasteiger partial charge in [-0.3, -0.25) is 9.59 Å². The molecule has 0 amide bonds. The number of esters is 1. The molecule has 3 aromatic rings. The molecule has 0 saturated carbocycles. The highest BCUT2D eigenvalue weighted by Crippen LogP contribution is 2.40. The number of aromatic hydroxyl groups is 3. The van der Waals surface area contributed by atoms with Crippen LogP contribution in [-0.4, -0.2) is 120 Å². The van der Waals surface area contributed by atoms with Crippen molar-refractivity contribution in [2.75, 3.05) is 6.61 Å². The fourth-order valence-corrected chi connectivity index (χ4v) is 5.35. The van der Waals surface area contributed by atoms with Crippen LogP contribution in [0.5, 0.6) is 28.7 Å². The van der Waals surface area contributed by atoms with Gasteiger partial charge in [0.05, 0.1) is 18.6 Å². The van der Waals surface area contributed by atoms with E-state index in [9.17, 15) is 55.5 Å². The van der Waals surface area contributed by atoms with Gasteiger partial charge in [-0.2, -0.15) is 0 Å². The number of hydrogen-bond acceptors (Lipinski definition) is 17. The lowest BCUT2D eigenvalue weighted by atomic mass is 9.99. The molecule has 49 heavy (non-hydrogen) atoms. The van der Waals surface area contributed by atoms with Crippen LogP contribution in [0.25, 0.3) is 22.3 Å². The Labute approximate surface area is 277 Å². The van der Waals surface area contributed by atoms with Gasteiger partial charge in [-0.1, -0.05) is 13.8 Å². The Morgan fingerprint density at radius 1 is 0.857 bits per heavy atom. The molecule has 0 radical (unpaired) electrons. The summed E-state index contributed by atoms with van der Waals surface area (Å²) < 4.78 is 33.7. The SMILES string of the molecule is CC[C@H](C)C(=O)O[C@@H]1[C@@H](O)[C@H](C)O[C@@H](Oc2cc(O)c3c(=O)c(O[C@@H]4O[C@H](CO)[C@@H](O)[C@H](O)[C@H]4O)c(-c4ccc(O)c(O)c4)oc3c2)[C@@H]1O. The van der Waals surface area contributed by atoms with E-state index in [-0.39, 0.29) is 16.9 Å². The van der Waals surface area contributed by atoms with Crippen LogP contribution < -0.4 is 14.9 Å². The molecule has 2 saturated heterocycles. The summed E-state index contributed by atoms with van der Waals surface area (Å²) in [7, 11) is 0. The zero-order chi connectivity index (χ0) is 35.9. The smallest absolute Gasteiger partial charge is 0.309 e. The van der Waals surface area contributed by atoms with Crippen LogP contribution in [0.2, 0.25) is 0 Å². The van der Waals surface area contributed by atoms with Crippen molar-refractivity contribution in [2.24, 2.45) is 5.92 Å². The summed E-state index contributed by atoms with van der Waals surface area (Å²) >= 11 is 0. The van der Waals surface area contributed by atoms with E-state index >= 15 is 0 Å². The molecule has 2 aromatic carbocycles. The number of benzene rings is 2. The first-order chi connectivity index (χ1) is 23.2. The summed E-state index contributed by atoms with van der Waals surface area (Å²) in [6, 6.07) is 5.45. The Morgan fingerprint density at radius 2 is 1.55 bits per heavy atom. The lowest BCUT2D eigenvalue weighted by molar-refractivity contribution is -0.277. The number of phenols is 3. The zero-order valence-corrected chi connectivity index (χ0v) is 26.4. The first kappa shape index (κ1) is 36.1. The molecule has 5 rings (SSSR count). The second kappa shape index (κ2) is 14.3. The third kappa shape index (κ3) is 6.97. The van der Waals surface area contributed by atoms with E-state index in [2.05, 4.69) is 0 Å². The Hall–Kier alpha value is -4.20. The van der Waals surface area contributed by atoms with Crippen LogP contribution in [0, 0.1) is 5.92 Å². The number of carbonyl (C=O) groups is 1. The molecular weight excluding hydrogens is 656 g/mol. The van der Waals surface area contributed by atoms with Crippen LogP contribution in [-0.2, 0) is 19.0 Å². The van der Waals surface area contributed by atoms with Gasteiger partial charge in [0.15, 0.2) is 29.5 Å². The van der Waals surface area contributed by atoms with Gasteiger partial charge in [-0.25, -0.2) is 0 Å². The molecule has 0 aliphatic carbocycles. The predicted octanol–water partition coefficient (Wildman–Crippen LogP) is -0.441. The third-order valence-corrected chi connectivity index (χ3v) is 8.53. The van der Waals surface area contributed by atoms with E-state index in [0.29, 0.717) is 6.42 Å². The predicted molar refractivity (Wildman–Crippen MR) is 164 cm³/mol. The monoisotopic (exact) mass is 694 g/mol. The number of aliphatic hydroxyl groups is 6. The molecule has 2 fully saturated rings. The Morgan fingerprint density at radius 3 is 2.20 bits per heavy atom. The van der Waals surface area contributed by atoms with Gasteiger partial charge in [-0.05, 0) is 31.5 Å². The molecule has 0 unspecified atom stereocenters. The number of phenolic OH excluding ortho intramolecular Hbond substituents is 3. The normalized spacial score (nSPS) is 30.9. The van der Waals surface area contributed by atoms with Gasteiger partial charge in [0.2, 0.25) is 23.8 Å². The number of ether oxygens (including phenoxy) is 5. The van der Waals surface area contributed by atoms with Crippen molar-refractivity contribution in [3.63, 3.8) is 0 Å². The molecule has 3 heterocycles. The Kier molecular flexibility index (Phi) is 10.6. The molecule has 2 aliphatic heterocycles. The largest absolute Gasteiger partial charge is 0.507 e. The summed E-state index contributed by atoms with van der Waals surface area (Å²) in [5.41, 5.74) is -1.44. The number of rotatable bonds is 9. The van der Waals surface area contributed by atoms with Gasteiger partial charge >= 0.3 is 5.97 Å². The molecule has 2 aliphatic rings. The molecule has 1 aromatic heterocycles. The van der Waals surface area contributed by atoms with Crippen LogP contribution in [0.4, 0.5) is 0 Å². The van der Waals surface area contributed by atoms with Crippen molar-refractivity contribution in [1.29, 1.82) is 0 Å². The fraction of sp³-hybridized carbons (Fsp3) is 0.500. The van der Waals surface area contributed by atoms with Gasteiger partial charge in [0.25, 0.3) is 0 Å². The number of aliphatic hydroxyl groups excluding tert-OH is 6. The van der Waals surface area contributed by atoms with Crippen LogP contribution in [0.3, 0.4) is 0 Å². The molecular formula is C32H38O17. The van der Waals surface area contributed by atoms with E-state index in [1.165, 1.54) is 13.0 Å². The van der Waals surface area contributed by atoms with Crippen molar-refractivity contribution < 1.29 is 78.9 Å². The second-order valence-corrected chi connectivity index (χ2v) is 11.9. The highest BCUT2D eigenvalue weighted by molar-refractivity contribution is 5.88. The summed E-state index contributed by atoms with van der Waals surface area (Å²) in [6.07, 6.45) is -15.4. The van der Waals surface area contributed by atoms with E-state index in [1.54, 1.807) is 13.8 Å². The molecule has 11 atom stereocenters. The van der Waals surface area contributed by atoms with Crippen LogP contribution in [0.1, 0.15) is 27.2 Å². The quantitative estimate of drug-likeness (QED) is 0.101. The maximum atomic E-state index is 13.9. The summed E-state index contributed by atoms with van der Waals surface area (Å²) in [5.74, 6) is -4.38. The average molecular weight is 695 g/mol. The molecule has 0 bridgehead atoms. The van der Waals surface area contributed by atoms with E-state index < -0.39 is 119 Å². The van der Waals surface area contributed by atoms with Crippen molar-refractivity contribution in [3.8, 4) is 40.1 Å². The maximum absolute atomic E-state index is 13.9. The zero-order valence-electron chi connectivity index (χ0n) is 26.4. The Balaban J connectivity index is 1.55. The van der Waals surface area contributed by atoms with Crippen LogP contribution in [0.15, 0.2) is 39.5 Å². The molecule has 9 N–H and O–H groups in total. The number of hydrogen-bond donors (Lipinski definition) is 9. The standard InChI is InChI=1S/C32H38O17/c1-4-11(2)30(43)48-28-21(37)12(3)44-32(26(28)42)45-14-8-17(36)20-18(9-14)46-27(13-5-6-15(34)16(35)7-13)29(23(20)39)49-31-25(41)24(40)22(38)19(10-33)47-31/h5-9,11-12,19,21-22,24-26,28,31-38,40-42H,4,10H2,1-3H3/t11-,12-,19+,21-,22+,24-,25+,26+,28+,31-,32-/m0/s1. The highest BCUT2D eigenvalue weighted by atomic mass is 16.7. The molecule has 17 heteroatoms. The van der Waals surface area contributed by atoms with Gasteiger partial charge in [0.1, 0.15) is 53.0 Å². The van der Waals surface area contributed by atoms with Crippen molar-refractivity contribution in [2.45, 2.75) is 88.6 Å². The Bertz CT molecular complexity index is 1720. The van der Waals surface area contributed by atoms with Crippen LogP contribution >= 0.6 is 0 Å². The van der Waals surface area contributed by atoms with Gasteiger partial charge in [-0.15, -0.1) is 0 Å². The van der Waals surface area contributed by atoms with Crippen molar-refractivity contribution in [1.82, 2.24) is 0 Å². The minimum atomic E-state index is -1.94. The lowest BCUT2D eigenvalue weighted by Gasteiger charge is -2.40. The summed E-state index contributed by atoms with van der Waals surface area (Å²) in [5, 5.41) is 92.6. The van der Waals surface area contributed by atoms with Gasteiger partial charge in [0, 0.05) is 17.7 Å². The second-order valence-electron chi connectivity index (χ2n) is 11.9. The van der Waals surface area contributed by atoms with Gasteiger partial charge < -0.3 is 74.1 Å². The lowest BCUT2D eigenvalue weighted by Crippen LogP contribution is -2.60.